The minimum atomic E-state index is -0.409. The van der Waals surface area contributed by atoms with Gasteiger partial charge in [0.05, 0.1) is 17.2 Å². The van der Waals surface area contributed by atoms with Crippen LogP contribution in [-0.2, 0) is 0 Å². The van der Waals surface area contributed by atoms with E-state index >= 15 is 0 Å². The molecule has 1 heterocycles. The molecule has 0 spiro atoms. The van der Waals surface area contributed by atoms with Gasteiger partial charge in [0.2, 0.25) is 0 Å². The van der Waals surface area contributed by atoms with Crippen LogP contribution >= 0.6 is 0 Å². The second-order valence-electron chi connectivity index (χ2n) is 5.01. The fourth-order valence-corrected chi connectivity index (χ4v) is 3.03. The van der Waals surface area contributed by atoms with Gasteiger partial charge in [-0.3, -0.25) is 14.9 Å². The number of aliphatic hydroxyl groups excluding tert-OH is 1. The Bertz CT molecular complexity index is 524. The Labute approximate surface area is 105 Å². The zero-order valence-corrected chi connectivity index (χ0v) is 9.98. The summed E-state index contributed by atoms with van der Waals surface area (Å²) in [6.45, 7) is 0. The number of benzene rings is 1. The lowest BCUT2D eigenvalue weighted by atomic mass is 9.79. The summed E-state index contributed by atoms with van der Waals surface area (Å²) in [5.41, 5.74) is 1.73. The number of nitrogens with one attached hydrogen (secondary N) is 1. The number of hydrogen-bond acceptors (Lipinski definition) is 3. The summed E-state index contributed by atoms with van der Waals surface area (Å²) in [5.74, 6) is -0.684. The fourth-order valence-electron chi connectivity index (χ4n) is 3.03. The van der Waals surface area contributed by atoms with E-state index in [1.165, 1.54) is 0 Å². The van der Waals surface area contributed by atoms with Crippen molar-refractivity contribution in [2.24, 2.45) is 0 Å². The summed E-state index contributed by atoms with van der Waals surface area (Å²) < 4.78 is 0. The monoisotopic (exact) mass is 245 g/mol. The Kier molecular flexibility index (Phi) is 2.67. The number of fused-ring (bicyclic) bond motifs is 1. The van der Waals surface area contributed by atoms with Crippen molar-refractivity contribution in [2.45, 2.75) is 37.7 Å². The van der Waals surface area contributed by atoms with E-state index in [4.69, 9.17) is 0 Å². The van der Waals surface area contributed by atoms with Gasteiger partial charge < -0.3 is 5.11 Å². The van der Waals surface area contributed by atoms with Gasteiger partial charge >= 0.3 is 0 Å². The van der Waals surface area contributed by atoms with E-state index in [0.29, 0.717) is 11.1 Å². The first-order valence-corrected chi connectivity index (χ1v) is 6.35. The van der Waals surface area contributed by atoms with Gasteiger partial charge in [0.15, 0.2) is 0 Å². The van der Waals surface area contributed by atoms with Gasteiger partial charge in [-0.15, -0.1) is 0 Å². The van der Waals surface area contributed by atoms with Crippen molar-refractivity contribution >= 4 is 11.8 Å². The Morgan fingerprint density at radius 2 is 1.89 bits per heavy atom. The normalized spacial score (nSPS) is 26.9. The van der Waals surface area contributed by atoms with Crippen LogP contribution < -0.4 is 5.32 Å². The van der Waals surface area contributed by atoms with E-state index in [2.05, 4.69) is 5.32 Å². The van der Waals surface area contributed by atoms with E-state index in [9.17, 15) is 14.7 Å². The molecule has 2 N–H and O–H groups in total. The molecule has 4 nitrogen and oxygen atoms in total. The van der Waals surface area contributed by atoms with Crippen LogP contribution in [0.5, 0.6) is 0 Å². The van der Waals surface area contributed by atoms with Crippen LogP contribution in [0.4, 0.5) is 0 Å². The SMILES string of the molecule is O=C1NC(=O)c2c1cccc2[C@@H]1CCCC[C@H]1O. The van der Waals surface area contributed by atoms with Crippen LogP contribution in [0, 0.1) is 0 Å². The molecule has 0 saturated heterocycles. The largest absolute Gasteiger partial charge is 0.392 e. The quantitative estimate of drug-likeness (QED) is 0.738. The molecule has 0 aromatic heterocycles. The van der Waals surface area contributed by atoms with Crippen molar-refractivity contribution in [1.82, 2.24) is 5.32 Å². The van der Waals surface area contributed by atoms with E-state index in [-0.39, 0.29) is 17.7 Å². The van der Waals surface area contributed by atoms with Gasteiger partial charge in [-0.2, -0.15) is 0 Å². The first kappa shape index (κ1) is 11.4. The Hall–Kier alpha value is -1.68. The molecule has 1 aromatic rings. The van der Waals surface area contributed by atoms with E-state index < -0.39 is 6.10 Å². The molecule has 0 unspecified atom stereocenters. The predicted octanol–water partition coefficient (Wildman–Crippen LogP) is 1.59. The van der Waals surface area contributed by atoms with Crippen molar-refractivity contribution in [3.8, 4) is 0 Å². The summed E-state index contributed by atoms with van der Waals surface area (Å²) in [6, 6.07) is 5.30. The third-order valence-electron chi connectivity index (χ3n) is 3.92. The van der Waals surface area contributed by atoms with Crippen molar-refractivity contribution in [3.63, 3.8) is 0 Å². The van der Waals surface area contributed by atoms with Crippen molar-refractivity contribution < 1.29 is 14.7 Å². The van der Waals surface area contributed by atoms with Gasteiger partial charge in [0.25, 0.3) is 11.8 Å². The second-order valence-corrected chi connectivity index (χ2v) is 5.01. The van der Waals surface area contributed by atoms with Crippen LogP contribution in [-0.4, -0.2) is 23.0 Å². The highest BCUT2D eigenvalue weighted by Gasteiger charge is 2.34. The average molecular weight is 245 g/mol. The van der Waals surface area contributed by atoms with Gasteiger partial charge in [-0.25, -0.2) is 0 Å². The number of hydrogen-bond donors (Lipinski definition) is 2. The summed E-state index contributed by atoms with van der Waals surface area (Å²) in [7, 11) is 0. The molecule has 18 heavy (non-hydrogen) atoms. The minimum Gasteiger partial charge on any atom is -0.392 e. The minimum absolute atomic E-state index is 0.0228. The van der Waals surface area contributed by atoms with Crippen molar-refractivity contribution in [1.29, 1.82) is 0 Å². The fraction of sp³-hybridized carbons (Fsp3) is 0.429. The molecule has 2 atom stereocenters. The predicted molar refractivity (Wildman–Crippen MR) is 65.5 cm³/mol. The molecular weight excluding hydrogens is 230 g/mol. The first-order chi connectivity index (χ1) is 8.68. The number of carbonyl (C=O) groups excluding carboxylic acids is 2. The molecule has 3 rings (SSSR count). The van der Waals surface area contributed by atoms with Gasteiger partial charge in [-0.1, -0.05) is 25.0 Å². The van der Waals surface area contributed by atoms with E-state index in [1.807, 2.05) is 6.07 Å². The van der Waals surface area contributed by atoms with Gasteiger partial charge in [-0.05, 0) is 24.5 Å². The molecule has 2 aliphatic rings. The molecule has 1 aromatic carbocycles. The first-order valence-electron chi connectivity index (χ1n) is 6.35. The molecule has 94 valence electrons. The lowest BCUT2D eigenvalue weighted by Gasteiger charge is -2.28. The number of carbonyl (C=O) groups is 2. The number of amides is 2. The highest BCUT2D eigenvalue weighted by atomic mass is 16.3. The van der Waals surface area contributed by atoms with Crippen LogP contribution in [0.2, 0.25) is 0 Å². The maximum Gasteiger partial charge on any atom is 0.259 e. The highest BCUT2D eigenvalue weighted by Crippen LogP contribution is 2.36. The topological polar surface area (TPSA) is 66.4 Å². The highest BCUT2D eigenvalue weighted by molar-refractivity contribution is 6.22. The molecule has 0 bridgehead atoms. The van der Waals surface area contributed by atoms with Gasteiger partial charge in [0, 0.05) is 5.92 Å². The third-order valence-corrected chi connectivity index (χ3v) is 3.92. The summed E-state index contributed by atoms with van der Waals surface area (Å²) in [5, 5.41) is 12.4. The maximum atomic E-state index is 11.8. The van der Waals surface area contributed by atoms with Crippen LogP contribution in [0.1, 0.15) is 57.9 Å². The van der Waals surface area contributed by atoms with Crippen LogP contribution in [0.3, 0.4) is 0 Å². The lowest BCUT2D eigenvalue weighted by Crippen LogP contribution is -2.25. The van der Waals surface area contributed by atoms with E-state index in [0.717, 1.165) is 31.2 Å². The Morgan fingerprint density at radius 1 is 1.11 bits per heavy atom. The summed E-state index contributed by atoms with van der Waals surface area (Å²) in [4.78, 5) is 23.4. The number of rotatable bonds is 1. The van der Waals surface area contributed by atoms with Crippen molar-refractivity contribution in [2.75, 3.05) is 0 Å². The molecule has 0 radical (unpaired) electrons. The molecule has 1 aliphatic heterocycles. The average Bonchev–Trinajstić information content (AvgIpc) is 2.66. The summed E-state index contributed by atoms with van der Waals surface area (Å²) in [6.07, 6.45) is 3.32. The van der Waals surface area contributed by atoms with Crippen LogP contribution in [0.15, 0.2) is 18.2 Å². The Balaban J connectivity index is 2.08. The lowest BCUT2D eigenvalue weighted by molar-refractivity contribution is 0.0877. The second kappa shape index (κ2) is 4.21. The third kappa shape index (κ3) is 1.64. The number of imide groups is 1. The van der Waals surface area contributed by atoms with Gasteiger partial charge in [0.1, 0.15) is 0 Å². The molecule has 1 aliphatic carbocycles. The summed E-state index contributed by atoms with van der Waals surface area (Å²) >= 11 is 0. The smallest absolute Gasteiger partial charge is 0.259 e. The van der Waals surface area contributed by atoms with E-state index in [1.54, 1.807) is 12.1 Å². The standard InChI is InChI=1S/C14H15NO3/c16-11-7-2-1-4-8(11)9-5-3-6-10-12(9)14(18)15-13(10)17/h3,5-6,8,11,16H,1-2,4,7H2,(H,15,17,18)/t8-,11+/m0/s1. The molecular formula is C14H15NO3. The molecule has 1 fully saturated rings. The molecule has 1 saturated carbocycles. The number of aliphatic hydroxyl groups is 1. The Morgan fingerprint density at radius 3 is 2.67 bits per heavy atom. The zero-order valence-electron chi connectivity index (χ0n) is 9.98. The molecule has 2 amide bonds. The zero-order chi connectivity index (χ0) is 12.7. The molecule has 4 heteroatoms. The van der Waals surface area contributed by atoms with Crippen molar-refractivity contribution in [3.05, 3.63) is 34.9 Å². The maximum absolute atomic E-state index is 11.8. The van der Waals surface area contributed by atoms with Crippen LogP contribution in [0.25, 0.3) is 0 Å².